The molecule has 3 aliphatic rings. The van der Waals surface area contributed by atoms with Gasteiger partial charge in [0.05, 0.1) is 18.6 Å². The van der Waals surface area contributed by atoms with Gasteiger partial charge in [-0.3, -0.25) is 4.79 Å². The molecule has 5 atom stereocenters. The van der Waals surface area contributed by atoms with E-state index in [4.69, 9.17) is 4.74 Å². The Morgan fingerprint density at radius 3 is 3.00 bits per heavy atom. The fourth-order valence-electron chi connectivity index (χ4n) is 3.33. The van der Waals surface area contributed by atoms with Crippen LogP contribution in [0.2, 0.25) is 0 Å². The highest BCUT2D eigenvalue weighted by molar-refractivity contribution is 5.76. The zero-order valence-corrected chi connectivity index (χ0v) is 6.77. The van der Waals surface area contributed by atoms with E-state index < -0.39 is 0 Å². The van der Waals surface area contributed by atoms with E-state index in [-0.39, 0.29) is 18.0 Å². The SMILES string of the molecule is O=C1OCC2C3CC(CC3O)C12. The zero-order chi connectivity index (χ0) is 8.29. The maximum absolute atomic E-state index is 11.2. The molecule has 3 heteroatoms. The number of esters is 1. The van der Waals surface area contributed by atoms with Crippen LogP contribution >= 0.6 is 0 Å². The fourth-order valence-corrected chi connectivity index (χ4v) is 3.33. The minimum Gasteiger partial charge on any atom is -0.465 e. The molecule has 3 rings (SSSR count). The first-order valence-electron chi connectivity index (χ1n) is 4.62. The number of hydrogen-bond acceptors (Lipinski definition) is 3. The van der Waals surface area contributed by atoms with Crippen molar-refractivity contribution in [3.8, 4) is 0 Å². The van der Waals surface area contributed by atoms with Gasteiger partial charge in [-0.2, -0.15) is 0 Å². The van der Waals surface area contributed by atoms with Crippen molar-refractivity contribution in [2.75, 3.05) is 6.61 Å². The quantitative estimate of drug-likeness (QED) is 0.525. The minimum atomic E-state index is -0.161. The number of ether oxygens (including phenoxy) is 1. The van der Waals surface area contributed by atoms with Crippen LogP contribution in [0.1, 0.15) is 12.8 Å². The van der Waals surface area contributed by atoms with E-state index in [0.29, 0.717) is 24.4 Å². The van der Waals surface area contributed by atoms with Crippen LogP contribution in [-0.4, -0.2) is 23.8 Å². The normalized spacial score (nSPS) is 55.8. The molecular weight excluding hydrogens is 156 g/mol. The van der Waals surface area contributed by atoms with Gasteiger partial charge in [0.25, 0.3) is 0 Å². The molecule has 2 saturated carbocycles. The maximum Gasteiger partial charge on any atom is 0.309 e. The van der Waals surface area contributed by atoms with Crippen LogP contribution in [0.25, 0.3) is 0 Å². The summed E-state index contributed by atoms with van der Waals surface area (Å²) in [6, 6.07) is 0. The topological polar surface area (TPSA) is 46.5 Å². The predicted molar refractivity (Wildman–Crippen MR) is 40.2 cm³/mol. The third kappa shape index (κ3) is 0.637. The van der Waals surface area contributed by atoms with Crippen LogP contribution in [-0.2, 0) is 9.53 Å². The van der Waals surface area contributed by atoms with Gasteiger partial charge in [0.2, 0.25) is 0 Å². The summed E-state index contributed by atoms with van der Waals surface area (Å²) in [4.78, 5) is 11.2. The van der Waals surface area contributed by atoms with Crippen molar-refractivity contribution < 1.29 is 14.6 Å². The molecule has 0 radical (unpaired) electrons. The second-order valence-corrected chi connectivity index (χ2v) is 4.28. The number of carbonyl (C=O) groups excluding carboxylic acids is 1. The highest BCUT2D eigenvalue weighted by Gasteiger charge is 2.58. The van der Waals surface area contributed by atoms with Gasteiger partial charge in [0.15, 0.2) is 0 Å². The Bertz CT molecular complexity index is 238. The van der Waals surface area contributed by atoms with Gasteiger partial charge < -0.3 is 9.84 Å². The van der Waals surface area contributed by atoms with Gasteiger partial charge in [-0.25, -0.2) is 0 Å². The van der Waals surface area contributed by atoms with Crippen LogP contribution in [0.5, 0.6) is 0 Å². The number of fused-ring (bicyclic) bond motifs is 5. The maximum atomic E-state index is 11.2. The average molecular weight is 168 g/mol. The van der Waals surface area contributed by atoms with E-state index in [1.54, 1.807) is 0 Å². The van der Waals surface area contributed by atoms with E-state index in [9.17, 15) is 9.90 Å². The standard InChI is InChI=1S/C9H12O3/c10-7-2-4-1-5(7)6-3-12-9(11)8(4)6/h4-8,10H,1-3H2. The molecule has 5 unspecified atom stereocenters. The molecule has 3 fully saturated rings. The van der Waals surface area contributed by atoms with E-state index in [2.05, 4.69) is 0 Å². The summed E-state index contributed by atoms with van der Waals surface area (Å²) in [6.07, 6.45) is 1.71. The Morgan fingerprint density at radius 1 is 1.33 bits per heavy atom. The fraction of sp³-hybridized carbons (Fsp3) is 0.889. The zero-order valence-electron chi connectivity index (χ0n) is 6.77. The summed E-state index contributed by atoms with van der Waals surface area (Å²) < 4.78 is 5.00. The molecule has 2 bridgehead atoms. The van der Waals surface area contributed by atoms with Crippen LogP contribution in [0.3, 0.4) is 0 Å². The monoisotopic (exact) mass is 168 g/mol. The largest absolute Gasteiger partial charge is 0.465 e. The summed E-state index contributed by atoms with van der Waals surface area (Å²) in [5, 5.41) is 9.59. The summed E-state index contributed by atoms with van der Waals surface area (Å²) in [5.74, 6) is 1.24. The Labute approximate surface area is 70.7 Å². The van der Waals surface area contributed by atoms with Crippen LogP contribution in [0.4, 0.5) is 0 Å². The lowest BCUT2D eigenvalue weighted by Gasteiger charge is -2.24. The van der Waals surface area contributed by atoms with Crippen molar-refractivity contribution in [1.82, 2.24) is 0 Å². The highest BCUT2D eigenvalue weighted by atomic mass is 16.5. The lowest BCUT2D eigenvalue weighted by atomic mass is 9.80. The van der Waals surface area contributed by atoms with E-state index in [1.165, 1.54) is 0 Å². The molecule has 3 nitrogen and oxygen atoms in total. The molecule has 0 aromatic heterocycles. The molecule has 0 aromatic carbocycles. The molecule has 0 aromatic rings. The van der Waals surface area contributed by atoms with Gasteiger partial charge >= 0.3 is 5.97 Å². The number of aliphatic hydroxyl groups excluding tert-OH is 1. The molecule has 1 heterocycles. The number of rotatable bonds is 0. The Morgan fingerprint density at radius 2 is 2.17 bits per heavy atom. The van der Waals surface area contributed by atoms with Crippen molar-refractivity contribution in [1.29, 1.82) is 0 Å². The van der Waals surface area contributed by atoms with E-state index in [1.807, 2.05) is 0 Å². The first-order valence-corrected chi connectivity index (χ1v) is 4.62. The number of hydrogen-bond donors (Lipinski definition) is 1. The third-order valence-corrected chi connectivity index (χ3v) is 3.82. The molecule has 12 heavy (non-hydrogen) atoms. The van der Waals surface area contributed by atoms with E-state index >= 15 is 0 Å². The molecule has 0 spiro atoms. The summed E-state index contributed by atoms with van der Waals surface area (Å²) >= 11 is 0. The molecule has 0 amide bonds. The Balaban J connectivity index is 1.94. The van der Waals surface area contributed by atoms with Gasteiger partial charge in [-0.1, -0.05) is 0 Å². The summed E-state index contributed by atoms with van der Waals surface area (Å²) in [7, 11) is 0. The first-order chi connectivity index (χ1) is 5.77. The van der Waals surface area contributed by atoms with Crippen molar-refractivity contribution >= 4 is 5.97 Å². The van der Waals surface area contributed by atoms with Crippen molar-refractivity contribution in [2.45, 2.75) is 18.9 Å². The van der Waals surface area contributed by atoms with Crippen molar-refractivity contribution in [3.05, 3.63) is 0 Å². The smallest absolute Gasteiger partial charge is 0.309 e. The molecule has 1 N–H and O–H groups in total. The lowest BCUT2D eigenvalue weighted by Crippen LogP contribution is -2.31. The Hall–Kier alpha value is -0.570. The summed E-state index contributed by atoms with van der Waals surface area (Å²) in [5.41, 5.74) is 0. The van der Waals surface area contributed by atoms with Gasteiger partial charge in [-0.15, -0.1) is 0 Å². The molecule has 66 valence electrons. The van der Waals surface area contributed by atoms with Gasteiger partial charge in [0.1, 0.15) is 0 Å². The average Bonchev–Trinajstić information content (AvgIpc) is 2.62. The second kappa shape index (κ2) is 2.02. The lowest BCUT2D eigenvalue weighted by molar-refractivity contribution is -0.142. The number of cyclic esters (lactones) is 1. The number of aliphatic hydroxyl groups is 1. The van der Waals surface area contributed by atoms with Crippen LogP contribution in [0.15, 0.2) is 0 Å². The van der Waals surface area contributed by atoms with E-state index in [0.717, 1.165) is 12.8 Å². The molecule has 2 aliphatic carbocycles. The van der Waals surface area contributed by atoms with Crippen molar-refractivity contribution in [2.24, 2.45) is 23.7 Å². The minimum absolute atomic E-state index is 0.0144. The molecular formula is C9H12O3. The van der Waals surface area contributed by atoms with Gasteiger partial charge in [0, 0.05) is 5.92 Å². The van der Waals surface area contributed by atoms with Crippen LogP contribution in [0, 0.1) is 23.7 Å². The molecule has 1 aliphatic heterocycles. The molecule has 1 saturated heterocycles. The second-order valence-electron chi connectivity index (χ2n) is 4.28. The van der Waals surface area contributed by atoms with Gasteiger partial charge in [-0.05, 0) is 24.7 Å². The Kier molecular flexibility index (Phi) is 1.16. The number of carbonyl (C=O) groups is 1. The third-order valence-electron chi connectivity index (χ3n) is 3.82. The summed E-state index contributed by atoms with van der Waals surface area (Å²) in [6.45, 7) is 0.557. The highest BCUT2D eigenvalue weighted by Crippen LogP contribution is 2.54. The predicted octanol–water partition coefficient (Wildman–Crippen LogP) is 0.176. The van der Waals surface area contributed by atoms with Crippen LogP contribution < -0.4 is 0 Å². The van der Waals surface area contributed by atoms with Crippen molar-refractivity contribution in [3.63, 3.8) is 0 Å². The first kappa shape index (κ1) is 6.89.